The van der Waals surface area contributed by atoms with Crippen LogP contribution in [-0.2, 0) is 62.3 Å². The maximum Gasteiger partial charge on any atom is 0.316 e. The number of nitrogens with two attached hydrogens (primary N) is 1. The second-order valence-electron chi connectivity index (χ2n) is 32.2. The fourth-order valence-corrected chi connectivity index (χ4v) is 17.4. The summed E-state index contributed by atoms with van der Waals surface area (Å²) < 4.78 is 108. The topological polar surface area (TPSA) is 543 Å². The van der Waals surface area contributed by atoms with Crippen LogP contribution < -0.4 is 27.0 Å². The third-order valence-corrected chi connectivity index (χ3v) is 24.2. The van der Waals surface area contributed by atoms with E-state index in [0.29, 0.717) is 36.8 Å². The molecule has 131 heavy (non-hydrogen) atoms. The molecule has 6 aromatic rings. The normalized spacial score (nSPS) is 19.1. The first-order valence-electron chi connectivity index (χ1n) is 42.3. The highest BCUT2D eigenvalue weighted by atomic mass is 35.5. The van der Waals surface area contributed by atoms with Gasteiger partial charge in [-0.15, -0.1) is 12.4 Å². The van der Waals surface area contributed by atoms with Crippen molar-refractivity contribution in [3.8, 4) is 0 Å². The number of amides is 12. The Hall–Kier alpha value is -11.9. The number of nitroso groups, excluding NO2 is 1. The number of carbonyl (C=O) groups excluding carboxylic acids is 12. The van der Waals surface area contributed by atoms with Crippen LogP contribution in [0.5, 0.6) is 0 Å². The summed E-state index contributed by atoms with van der Waals surface area (Å²) in [6, 6.07) is 12.4. The molecule has 6 fully saturated rings. The van der Waals surface area contributed by atoms with Gasteiger partial charge in [0.25, 0.3) is 64.8 Å². The quantitative estimate of drug-likeness (QED) is 0.00322. The molecule has 3 atom stereocenters. The minimum absolute atomic E-state index is 0. The van der Waals surface area contributed by atoms with E-state index in [4.69, 9.17) is 15.8 Å². The fourth-order valence-electron chi connectivity index (χ4n) is 16.9. The zero-order chi connectivity index (χ0) is 94.5. The predicted octanol–water partition coefficient (Wildman–Crippen LogP) is 10.1. The van der Waals surface area contributed by atoms with Crippen LogP contribution in [0.4, 0.5) is 43.4 Å². The molecule has 3 unspecified atom stereocenters. The zero-order valence-corrected chi connectivity index (χ0v) is 73.7. The molecule has 12 heterocycles. The number of nitrogens with one attached hydrogen (secondary N) is 6. The predicted molar refractivity (Wildman–Crippen MR) is 457 cm³/mol. The Morgan fingerprint density at radius 3 is 1.06 bits per heavy atom. The van der Waals surface area contributed by atoms with Crippen LogP contribution in [0, 0.1) is 35.9 Å². The minimum atomic E-state index is -3.42. The van der Waals surface area contributed by atoms with Gasteiger partial charge in [0.15, 0.2) is 5.69 Å². The van der Waals surface area contributed by atoms with Crippen molar-refractivity contribution in [3.05, 3.63) is 165 Å². The third kappa shape index (κ3) is 25.9. The van der Waals surface area contributed by atoms with E-state index in [0.717, 1.165) is 192 Å². The smallest absolute Gasteiger partial charge is 0.316 e. The van der Waals surface area contributed by atoms with Crippen LogP contribution in [0.3, 0.4) is 0 Å². The number of anilines is 1. The number of unbranched alkanes of at least 4 members (excludes halogenated alkanes) is 6. The van der Waals surface area contributed by atoms with Gasteiger partial charge in [-0.1, -0.05) is 43.1 Å². The van der Waals surface area contributed by atoms with Crippen molar-refractivity contribution in [2.45, 2.75) is 210 Å². The van der Waals surface area contributed by atoms with Crippen molar-refractivity contribution in [2.24, 2.45) is 0 Å². The number of hydrogen-bond acceptors (Lipinski definition) is 29. The van der Waals surface area contributed by atoms with Crippen LogP contribution in [0.25, 0.3) is 0 Å². The molecule has 0 spiro atoms. The number of hydrogen-bond donors (Lipinski definition) is 7. The van der Waals surface area contributed by atoms with E-state index in [9.17, 15) is 113 Å². The Bertz CT molecular complexity index is 5360. The number of aryl methyl sites for hydroxylation is 3. The number of nitrogen functional groups attached to an aromatic ring is 1. The van der Waals surface area contributed by atoms with E-state index >= 15 is 0 Å². The van der Waals surface area contributed by atoms with E-state index in [1.807, 2.05) is 12.1 Å². The summed E-state index contributed by atoms with van der Waals surface area (Å²) in [4.78, 5) is 183. The Kier molecular flexibility index (Phi) is 37.1. The van der Waals surface area contributed by atoms with Gasteiger partial charge in [0.2, 0.25) is 46.8 Å². The van der Waals surface area contributed by atoms with Gasteiger partial charge in [0.05, 0.1) is 79.9 Å². The van der Waals surface area contributed by atoms with Crippen LogP contribution in [0.2, 0.25) is 0 Å². The summed E-state index contributed by atoms with van der Waals surface area (Å²) >= 11 is 0. The minimum Gasteiger partial charge on any atom is -0.396 e. The molecule has 0 aliphatic carbocycles. The van der Waals surface area contributed by atoms with Gasteiger partial charge in [-0.3, -0.25) is 132 Å². The van der Waals surface area contributed by atoms with Crippen molar-refractivity contribution in [3.63, 3.8) is 0 Å². The highest BCUT2D eigenvalue weighted by molar-refractivity contribution is 7.86. The molecule has 0 radical (unpaired) electrons. The van der Waals surface area contributed by atoms with Gasteiger partial charge >= 0.3 is 11.4 Å². The number of alkyl halides is 6. The second-order valence-corrected chi connectivity index (χ2v) is 33.8. The molecule has 8 N–H and O–H groups in total. The van der Waals surface area contributed by atoms with E-state index < -0.39 is 151 Å². The molecule has 0 bridgehead atoms. The molecule has 15 rings (SSSR count). The molecule has 0 saturated carbocycles. The number of imide groups is 6. The lowest BCUT2D eigenvalue weighted by Gasteiger charge is -2.32. The summed E-state index contributed by atoms with van der Waals surface area (Å²) in [5.74, 6) is -6.17. The molecule has 9 aliphatic heterocycles. The van der Waals surface area contributed by atoms with Gasteiger partial charge < -0.3 is 20.9 Å². The first-order chi connectivity index (χ1) is 62.1. The molecule has 12 amide bonds. The van der Waals surface area contributed by atoms with Gasteiger partial charge in [-0.2, -0.15) is 28.6 Å². The van der Waals surface area contributed by atoms with Crippen molar-refractivity contribution >= 4 is 120 Å². The highest BCUT2D eigenvalue weighted by Gasteiger charge is 2.48. The molecule has 49 heteroatoms. The van der Waals surface area contributed by atoms with Gasteiger partial charge in [0.1, 0.15) is 30.5 Å². The summed E-state index contributed by atoms with van der Waals surface area (Å²) in [7, 11) is -1.20. The Morgan fingerprint density at radius 2 is 0.763 bits per heavy atom. The van der Waals surface area contributed by atoms with E-state index in [1.165, 1.54) is 15.6 Å². The van der Waals surface area contributed by atoms with Gasteiger partial charge in [-0.05, 0) is 204 Å². The van der Waals surface area contributed by atoms with Gasteiger partial charge in [0, 0.05) is 51.6 Å². The number of benzene rings is 3. The number of piperidine rings is 6. The summed E-state index contributed by atoms with van der Waals surface area (Å²) in [5, 5.41) is 48.4. The number of nitrogens with zero attached hydrogens (tertiary/aromatic N) is 13. The van der Waals surface area contributed by atoms with Crippen LogP contribution in [0.1, 0.15) is 268 Å². The van der Waals surface area contributed by atoms with Crippen molar-refractivity contribution in [2.75, 3.05) is 71.0 Å². The molecular formula is C82H100ClF6N20O20PS. The van der Waals surface area contributed by atoms with Crippen LogP contribution in [0.15, 0.2) is 73.2 Å². The lowest BCUT2D eigenvalue weighted by molar-refractivity contribution is -0.386. The number of fused-ring (bicyclic) bond motifs is 3. The van der Waals surface area contributed by atoms with Crippen LogP contribution >= 0.6 is 21.4 Å². The zero-order valence-electron chi connectivity index (χ0n) is 71.1. The number of rotatable bonds is 30. The van der Waals surface area contributed by atoms with Crippen molar-refractivity contribution in [1.82, 2.24) is 75.1 Å². The molecule has 708 valence electrons. The highest BCUT2D eigenvalue weighted by Crippen LogP contribution is 2.37. The standard InChI is InChI=1S/C27H30F2N6O6.C27H32F2N6O4.C19H22N2O7S.C9H12F2N4O2.ClH.HNO.H2NP/c28-24(29)23-21(35(40)41)15-33(31-23)17-9-12-32(13-10-17)11-3-1-2-4-16-5-6-18-19(14-16)27(39)34(26(18)38)20-7-8-22(36)30-25(20)37;28-24(29)23-20(30)15-34(32-23)17-9-12-33(13-10-17)11-3-1-2-4-16-5-6-18-19(14-16)27(39)35(26(18)38)21-7-8-22(36)31-25(21)37;1-29(26,27)28-10-4-2-3-5-12-6-7-13-14(11-12)19(25)21(18(13)24)15-8-9-16(22)20-17(15)23;10-9(11)8-7(15(16)17)5-14(13-8)6-1-3-12-4-2-6;;2*1-2/h5-6,14-15,17,20,24H,1-4,7-13H2,(H,30,36,37);5-6,14-15,17,21,24H,1-4,7-13,30H2,(H,31,36,37);6-7,11,15H,2-5,8-10H2,1H3,(H,20,22,23);5-6,9,12H,1-4H2;1H;1H;1-2H. The Labute approximate surface area is 754 Å². The largest absolute Gasteiger partial charge is 0.396 e. The number of carbonyl (C=O) groups is 12. The lowest BCUT2D eigenvalue weighted by atomic mass is 10.0. The van der Waals surface area contributed by atoms with Crippen molar-refractivity contribution in [1.29, 1.82) is 10.8 Å². The van der Waals surface area contributed by atoms with E-state index in [-0.39, 0.29) is 109 Å². The number of nitro groups is 2. The second kappa shape index (κ2) is 47.3. The monoisotopic (exact) mass is 1900 g/mol. The SMILES string of the molecule is CS(=O)(=O)OCCCCCc1ccc2c(c1)C(=O)N(C1CCC(=O)NC1=O)C2=O.Cl.N=O.N=P.Nc1cn(C2CCN(CCCCCc3ccc4c(c3)C(=O)N(C3CCC(=O)NC3=O)C4=O)CC2)nc1C(F)F.O=C1CCC(N2C(=O)c3ccc(CCCCCN4CCC(n5cc([N+](=O)[O-])c(C(F)F)n5)CC4)cc3C2=O)C(=O)N1.O=[N+]([O-])c1cn(C2CCNCC2)nc1C(F)F. The molecule has 40 nitrogen and oxygen atoms in total. The summed E-state index contributed by atoms with van der Waals surface area (Å²) in [6.07, 6.45) is 11.2. The third-order valence-electron chi connectivity index (χ3n) is 23.6. The van der Waals surface area contributed by atoms with E-state index in [2.05, 4.69) is 65.2 Å². The average molecular weight is 1900 g/mol. The Morgan fingerprint density at radius 1 is 0.458 bits per heavy atom. The van der Waals surface area contributed by atoms with E-state index in [1.54, 1.807) is 47.1 Å². The first-order valence-corrected chi connectivity index (χ1v) is 44.6. The maximum atomic E-state index is 13.1. The molecule has 9 aliphatic rings. The molecular weight excluding hydrogens is 1800 g/mol. The number of aromatic nitrogens is 6. The number of likely N-dealkylation sites (tertiary alicyclic amines) is 2. The average Bonchev–Trinajstić information content (AvgIpc) is 1.62. The Balaban J connectivity index is 0.000000201. The fraction of sp³-hybridized carbons (Fsp3) is 0.524. The van der Waals surface area contributed by atoms with Crippen LogP contribution in [-0.4, -0.2) is 226 Å². The maximum absolute atomic E-state index is 13.1. The number of halogens is 7. The summed E-state index contributed by atoms with van der Waals surface area (Å²) in [5.41, 5.74) is 11.5. The van der Waals surface area contributed by atoms with Crippen molar-refractivity contribution < 1.29 is 106 Å². The summed E-state index contributed by atoms with van der Waals surface area (Å²) in [6.45, 7) is 6.72. The molecule has 3 aromatic carbocycles. The molecule has 6 saturated heterocycles. The van der Waals surface area contributed by atoms with Gasteiger partial charge in [-0.25, -0.2) is 26.3 Å². The molecule has 3 aromatic heterocycles. The lowest BCUT2D eigenvalue weighted by Crippen LogP contribution is -2.54. The first kappa shape index (κ1) is 103.